The average Bonchev–Trinajstić information content (AvgIpc) is 2.73. The minimum absolute atomic E-state index is 0. The number of ether oxygens (including phenoxy) is 2. The molecule has 1 amide bonds. The Morgan fingerprint density at radius 1 is 1.12 bits per heavy atom. The summed E-state index contributed by atoms with van der Waals surface area (Å²) < 4.78 is 11.3. The number of piperazine rings is 1. The number of benzene rings is 1. The van der Waals surface area contributed by atoms with Crippen molar-refractivity contribution in [2.75, 3.05) is 57.4 Å². The molecule has 2 saturated heterocycles. The zero-order valence-corrected chi connectivity index (χ0v) is 15.0. The zero-order chi connectivity index (χ0) is 14.9. The number of nitrogens with zero attached hydrogens (tertiary/aromatic N) is 2. The van der Waals surface area contributed by atoms with Crippen molar-refractivity contribution >= 4 is 36.4 Å². The fraction of sp³-hybridized carbons (Fsp3) is 0.562. The van der Waals surface area contributed by atoms with Gasteiger partial charge in [0.25, 0.3) is 5.91 Å². The van der Waals surface area contributed by atoms with Gasteiger partial charge in [-0.3, -0.25) is 4.79 Å². The Hall–Kier alpha value is -1.21. The lowest BCUT2D eigenvalue weighted by Crippen LogP contribution is -2.54. The van der Waals surface area contributed by atoms with Crippen LogP contribution in [0.15, 0.2) is 18.2 Å². The minimum Gasteiger partial charge on any atom is -0.491 e. The molecular formula is C16H23Cl2N3O3. The van der Waals surface area contributed by atoms with Crippen molar-refractivity contribution in [1.29, 1.82) is 0 Å². The number of carbonyl (C=O) groups is 1. The number of rotatable bonds is 1. The minimum atomic E-state index is 0. The van der Waals surface area contributed by atoms with Gasteiger partial charge in [-0.15, -0.1) is 24.8 Å². The van der Waals surface area contributed by atoms with Crippen LogP contribution < -0.4 is 15.0 Å². The first-order chi connectivity index (χ1) is 10.8. The summed E-state index contributed by atoms with van der Waals surface area (Å²) in [6.45, 7) is 6.16. The Bertz CT molecular complexity index is 582. The van der Waals surface area contributed by atoms with Crippen LogP contribution in [-0.2, 0) is 4.74 Å². The fourth-order valence-corrected chi connectivity index (χ4v) is 3.35. The lowest BCUT2D eigenvalue weighted by atomic mass is 10.1. The summed E-state index contributed by atoms with van der Waals surface area (Å²) in [6, 6.07) is 6.08. The first kappa shape index (κ1) is 19.1. The van der Waals surface area contributed by atoms with Crippen molar-refractivity contribution in [3.8, 4) is 5.75 Å². The predicted molar refractivity (Wildman–Crippen MR) is 97.2 cm³/mol. The molecule has 1 aromatic carbocycles. The van der Waals surface area contributed by atoms with Gasteiger partial charge < -0.3 is 24.6 Å². The van der Waals surface area contributed by atoms with Gasteiger partial charge in [-0.2, -0.15) is 0 Å². The van der Waals surface area contributed by atoms with Crippen LogP contribution in [-0.4, -0.2) is 69.4 Å². The molecule has 0 radical (unpaired) electrons. The molecule has 0 saturated carbocycles. The summed E-state index contributed by atoms with van der Waals surface area (Å²) in [4.78, 5) is 17.1. The molecule has 8 heteroatoms. The van der Waals surface area contributed by atoms with Crippen molar-refractivity contribution in [2.24, 2.45) is 0 Å². The molecule has 134 valence electrons. The number of morpholine rings is 1. The van der Waals surface area contributed by atoms with Gasteiger partial charge in [0.2, 0.25) is 0 Å². The maximum atomic E-state index is 12.9. The lowest BCUT2D eigenvalue weighted by molar-refractivity contribution is 0.0606. The molecule has 24 heavy (non-hydrogen) atoms. The summed E-state index contributed by atoms with van der Waals surface area (Å²) in [5, 5.41) is 3.33. The van der Waals surface area contributed by atoms with Crippen LogP contribution in [0.2, 0.25) is 0 Å². The van der Waals surface area contributed by atoms with E-state index in [0.29, 0.717) is 17.9 Å². The second kappa shape index (κ2) is 8.25. The second-order valence-electron chi connectivity index (χ2n) is 5.95. The molecule has 1 atom stereocenters. The van der Waals surface area contributed by atoms with Crippen LogP contribution in [0.5, 0.6) is 5.75 Å². The standard InChI is InChI=1S/C16H21N3O3.2ClH/c20-16-14-9-12(18-5-7-21-8-6-18)1-2-15(14)22-11-13-10-17-3-4-19(13)16;;/h1-2,9,13,17H,3-8,10-11H2;2*1H. The van der Waals surface area contributed by atoms with E-state index in [1.165, 1.54) is 0 Å². The van der Waals surface area contributed by atoms with Crippen molar-refractivity contribution in [3.05, 3.63) is 23.8 Å². The molecule has 0 aromatic heterocycles. The van der Waals surface area contributed by atoms with Crippen LogP contribution in [0.1, 0.15) is 10.4 Å². The molecule has 1 unspecified atom stereocenters. The smallest absolute Gasteiger partial charge is 0.258 e. The van der Waals surface area contributed by atoms with Crippen LogP contribution in [0.4, 0.5) is 5.69 Å². The molecular weight excluding hydrogens is 353 g/mol. The van der Waals surface area contributed by atoms with Crippen molar-refractivity contribution in [3.63, 3.8) is 0 Å². The molecule has 4 rings (SSSR count). The molecule has 3 aliphatic heterocycles. The van der Waals surface area contributed by atoms with Gasteiger partial charge in [0.1, 0.15) is 12.4 Å². The Balaban J connectivity index is 0.00000104. The summed E-state index contributed by atoms with van der Waals surface area (Å²) in [7, 11) is 0. The molecule has 2 fully saturated rings. The summed E-state index contributed by atoms with van der Waals surface area (Å²) in [5.41, 5.74) is 1.76. The summed E-state index contributed by atoms with van der Waals surface area (Å²) in [5.74, 6) is 0.797. The predicted octanol–water partition coefficient (Wildman–Crippen LogP) is 1.17. The topological polar surface area (TPSA) is 54.0 Å². The van der Waals surface area contributed by atoms with Gasteiger partial charge in [-0.1, -0.05) is 0 Å². The van der Waals surface area contributed by atoms with E-state index >= 15 is 0 Å². The first-order valence-electron chi connectivity index (χ1n) is 7.94. The van der Waals surface area contributed by atoms with Gasteiger partial charge >= 0.3 is 0 Å². The third-order valence-electron chi connectivity index (χ3n) is 4.61. The molecule has 0 spiro atoms. The van der Waals surface area contributed by atoms with Gasteiger partial charge in [0.15, 0.2) is 0 Å². The van der Waals surface area contributed by atoms with E-state index in [4.69, 9.17) is 9.47 Å². The Kier molecular flexibility index (Phi) is 6.57. The number of nitrogens with one attached hydrogen (secondary N) is 1. The maximum absolute atomic E-state index is 12.9. The molecule has 3 heterocycles. The maximum Gasteiger partial charge on any atom is 0.258 e. The number of hydrogen-bond donors (Lipinski definition) is 1. The highest BCUT2D eigenvalue weighted by molar-refractivity contribution is 5.98. The summed E-state index contributed by atoms with van der Waals surface area (Å²) in [6.07, 6.45) is 0. The van der Waals surface area contributed by atoms with E-state index in [1.807, 2.05) is 23.1 Å². The number of halogens is 2. The monoisotopic (exact) mass is 375 g/mol. The van der Waals surface area contributed by atoms with Crippen LogP contribution in [0.25, 0.3) is 0 Å². The summed E-state index contributed by atoms with van der Waals surface area (Å²) >= 11 is 0. The third-order valence-corrected chi connectivity index (χ3v) is 4.61. The molecule has 1 aromatic rings. The Labute approximate surface area is 154 Å². The highest BCUT2D eigenvalue weighted by Gasteiger charge is 2.33. The Morgan fingerprint density at radius 3 is 2.71 bits per heavy atom. The highest BCUT2D eigenvalue weighted by atomic mass is 35.5. The second-order valence-corrected chi connectivity index (χ2v) is 5.95. The van der Waals surface area contributed by atoms with Crippen molar-refractivity contribution in [1.82, 2.24) is 10.2 Å². The lowest BCUT2D eigenvalue weighted by Gasteiger charge is -2.34. The highest BCUT2D eigenvalue weighted by Crippen LogP contribution is 2.30. The normalized spacial score (nSPS) is 23.0. The zero-order valence-electron chi connectivity index (χ0n) is 13.4. The van der Waals surface area contributed by atoms with E-state index in [2.05, 4.69) is 10.2 Å². The van der Waals surface area contributed by atoms with Crippen molar-refractivity contribution < 1.29 is 14.3 Å². The first-order valence-corrected chi connectivity index (χ1v) is 7.94. The number of hydrogen-bond acceptors (Lipinski definition) is 5. The van der Waals surface area contributed by atoms with Gasteiger partial charge in [-0.25, -0.2) is 0 Å². The number of fused-ring (bicyclic) bond motifs is 2. The number of amides is 1. The SMILES string of the molecule is Cl.Cl.O=C1c2cc(N3CCOCC3)ccc2OCC2CNCCN12. The third kappa shape index (κ3) is 3.57. The van der Waals surface area contributed by atoms with E-state index in [9.17, 15) is 4.79 Å². The molecule has 6 nitrogen and oxygen atoms in total. The number of carbonyl (C=O) groups excluding carboxylic acids is 1. The molecule has 0 aliphatic carbocycles. The van der Waals surface area contributed by atoms with Crippen LogP contribution in [0, 0.1) is 0 Å². The van der Waals surface area contributed by atoms with E-state index in [0.717, 1.165) is 51.6 Å². The van der Waals surface area contributed by atoms with Gasteiger partial charge in [0.05, 0.1) is 24.8 Å². The average molecular weight is 376 g/mol. The quantitative estimate of drug-likeness (QED) is 0.798. The van der Waals surface area contributed by atoms with E-state index < -0.39 is 0 Å². The molecule has 3 aliphatic rings. The van der Waals surface area contributed by atoms with Gasteiger partial charge in [0, 0.05) is 38.4 Å². The van der Waals surface area contributed by atoms with Gasteiger partial charge in [-0.05, 0) is 18.2 Å². The van der Waals surface area contributed by atoms with E-state index in [1.54, 1.807) is 0 Å². The number of anilines is 1. The largest absolute Gasteiger partial charge is 0.491 e. The molecule has 0 bridgehead atoms. The Morgan fingerprint density at radius 2 is 1.92 bits per heavy atom. The van der Waals surface area contributed by atoms with Crippen LogP contribution in [0.3, 0.4) is 0 Å². The van der Waals surface area contributed by atoms with E-state index in [-0.39, 0.29) is 36.8 Å². The van der Waals surface area contributed by atoms with Crippen molar-refractivity contribution in [2.45, 2.75) is 6.04 Å². The fourth-order valence-electron chi connectivity index (χ4n) is 3.35. The molecule has 1 N–H and O–H groups in total. The van der Waals surface area contributed by atoms with Crippen LogP contribution >= 0.6 is 24.8 Å².